The number of hydrogen-bond acceptors (Lipinski definition) is 6. The number of benzene rings is 4. The first-order valence-electron chi connectivity index (χ1n) is 12.3. The lowest BCUT2D eigenvalue weighted by atomic mass is 10.1. The van der Waals surface area contributed by atoms with E-state index < -0.39 is 36.3 Å². The summed E-state index contributed by atoms with van der Waals surface area (Å²) in [5, 5.41) is 2.65. The van der Waals surface area contributed by atoms with Gasteiger partial charge < -0.3 is 14.8 Å². The molecule has 5 rings (SSSR count). The Morgan fingerprint density at radius 2 is 1.38 bits per heavy atom. The van der Waals surface area contributed by atoms with Gasteiger partial charge in [-0.3, -0.25) is 19.3 Å². The topological polar surface area (TPSA) is 102 Å². The van der Waals surface area contributed by atoms with E-state index in [1.54, 1.807) is 31.2 Å². The molecule has 1 aliphatic rings. The summed E-state index contributed by atoms with van der Waals surface area (Å²) in [5.41, 5.74) is 1.73. The fraction of sp³-hybridized carbons (Fsp3) is 0.0968. The Kier molecular flexibility index (Phi) is 7.18. The van der Waals surface area contributed by atoms with Gasteiger partial charge in [-0.05, 0) is 67.1 Å². The summed E-state index contributed by atoms with van der Waals surface area (Å²) in [4.78, 5) is 52.1. The zero-order valence-corrected chi connectivity index (χ0v) is 21.0. The van der Waals surface area contributed by atoms with E-state index in [4.69, 9.17) is 9.47 Å². The first-order chi connectivity index (χ1) is 18.9. The Morgan fingerprint density at radius 1 is 0.769 bits per heavy atom. The maximum absolute atomic E-state index is 13.1. The van der Waals surface area contributed by atoms with Crippen LogP contribution in [0.3, 0.4) is 0 Å². The number of amides is 3. The monoisotopic (exact) mass is 520 g/mol. The quantitative estimate of drug-likeness (QED) is 0.239. The van der Waals surface area contributed by atoms with Crippen LogP contribution in [0.2, 0.25) is 0 Å². The molecule has 0 saturated heterocycles. The number of rotatable bonds is 8. The first kappa shape index (κ1) is 25.4. The van der Waals surface area contributed by atoms with E-state index in [-0.39, 0.29) is 16.7 Å². The lowest BCUT2D eigenvalue weighted by molar-refractivity contribution is -0.119. The highest BCUT2D eigenvalue weighted by molar-refractivity contribution is 6.22. The predicted octanol–water partition coefficient (Wildman–Crippen LogP) is 5.63. The van der Waals surface area contributed by atoms with Gasteiger partial charge in [-0.1, -0.05) is 48.5 Å². The van der Waals surface area contributed by atoms with Crippen LogP contribution in [0.25, 0.3) is 0 Å². The number of hydrogen-bond donors (Lipinski definition) is 1. The van der Waals surface area contributed by atoms with Crippen LogP contribution in [-0.2, 0) is 9.53 Å². The Balaban J connectivity index is 1.18. The minimum Gasteiger partial charge on any atom is -0.457 e. The molecule has 8 heteroatoms. The van der Waals surface area contributed by atoms with Crippen molar-refractivity contribution in [2.75, 3.05) is 11.9 Å². The summed E-state index contributed by atoms with van der Waals surface area (Å²) < 4.78 is 10.9. The molecule has 1 N–H and O–H groups in total. The summed E-state index contributed by atoms with van der Waals surface area (Å²) in [5.74, 6) is -0.932. The maximum atomic E-state index is 13.1. The van der Waals surface area contributed by atoms with Crippen molar-refractivity contribution < 1.29 is 28.7 Å². The number of carbonyl (C=O) groups excluding carboxylic acids is 4. The van der Waals surface area contributed by atoms with Gasteiger partial charge in [0, 0.05) is 5.69 Å². The zero-order valence-electron chi connectivity index (χ0n) is 21.0. The van der Waals surface area contributed by atoms with Crippen molar-refractivity contribution in [2.45, 2.75) is 13.0 Å². The molecular weight excluding hydrogens is 496 g/mol. The number of ether oxygens (including phenoxy) is 2. The average Bonchev–Trinajstić information content (AvgIpc) is 3.22. The number of para-hydroxylation sites is 1. The van der Waals surface area contributed by atoms with Crippen LogP contribution in [-0.4, -0.2) is 35.2 Å². The van der Waals surface area contributed by atoms with Crippen LogP contribution in [0.1, 0.15) is 49.6 Å². The Bertz CT molecular complexity index is 1530. The summed E-state index contributed by atoms with van der Waals surface area (Å²) in [7, 11) is 0. The predicted molar refractivity (Wildman–Crippen MR) is 144 cm³/mol. The molecule has 0 radical (unpaired) electrons. The van der Waals surface area contributed by atoms with Crippen LogP contribution in [0.4, 0.5) is 5.69 Å². The Hall–Kier alpha value is -5.24. The normalized spacial score (nSPS) is 13.0. The number of imide groups is 1. The molecule has 0 unspecified atom stereocenters. The number of nitrogens with zero attached hydrogens (tertiary/aromatic N) is 1. The van der Waals surface area contributed by atoms with Gasteiger partial charge in [0.15, 0.2) is 6.61 Å². The zero-order chi connectivity index (χ0) is 27.4. The molecule has 1 aliphatic heterocycles. The molecule has 0 aromatic heterocycles. The number of anilines is 1. The van der Waals surface area contributed by atoms with Gasteiger partial charge in [-0.15, -0.1) is 0 Å². The average molecular weight is 521 g/mol. The van der Waals surface area contributed by atoms with E-state index in [1.165, 1.54) is 23.1 Å². The highest BCUT2D eigenvalue weighted by atomic mass is 16.5. The highest BCUT2D eigenvalue weighted by Gasteiger charge is 2.39. The first-order valence-corrected chi connectivity index (χ1v) is 12.3. The van der Waals surface area contributed by atoms with Gasteiger partial charge >= 0.3 is 5.97 Å². The minimum atomic E-state index is -0.783. The molecule has 4 aromatic rings. The Morgan fingerprint density at radius 3 is 2.08 bits per heavy atom. The molecule has 0 saturated carbocycles. The smallest absolute Gasteiger partial charge is 0.338 e. The lowest BCUT2D eigenvalue weighted by Crippen LogP contribution is -2.32. The molecule has 4 aromatic carbocycles. The van der Waals surface area contributed by atoms with Crippen molar-refractivity contribution in [1.29, 1.82) is 0 Å². The van der Waals surface area contributed by atoms with E-state index in [9.17, 15) is 19.2 Å². The highest BCUT2D eigenvalue weighted by Crippen LogP contribution is 2.32. The van der Waals surface area contributed by atoms with E-state index in [0.29, 0.717) is 17.2 Å². The summed E-state index contributed by atoms with van der Waals surface area (Å²) >= 11 is 0. The molecule has 0 spiro atoms. The summed E-state index contributed by atoms with van der Waals surface area (Å²) in [6, 6.07) is 29.0. The molecule has 1 atom stereocenters. The van der Waals surface area contributed by atoms with Crippen LogP contribution in [0, 0.1) is 0 Å². The fourth-order valence-corrected chi connectivity index (χ4v) is 4.26. The third-order valence-corrected chi connectivity index (χ3v) is 6.27. The van der Waals surface area contributed by atoms with Crippen molar-refractivity contribution in [2.24, 2.45) is 0 Å². The van der Waals surface area contributed by atoms with Gasteiger partial charge in [-0.2, -0.15) is 0 Å². The summed E-state index contributed by atoms with van der Waals surface area (Å²) in [6.45, 7) is 1.25. The molecule has 8 nitrogen and oxygen atoms in total. The second-order valence-electron chi connectivity index (χ2n) is 8.89. The van der Waals surface area contributed by atoms with E-state index in [2.05, 4.69) is 5.32 Å². The maximum Gasteiger partial charge on any atom is 0.338 e. The second-order valence-corrected chi connectivity index (χ2v) is 8.89. The molecule has 1 heterocycles. The number of esters is 1. The van der Waals surface area contributed by atoms with E-state index in [0.717, 1.165) is 5.56 Å². The largest absolute Gasteiger partial charge is 0.457 e. The third kappa shape index (κ3) is 5.55. The molecule has 39 heavy (non-hydrogen) atoms. The van der Waals surface area contributed by atoms with Crippen molar-refractivity contribution >= 4 is 29.4 Å². The van der Waals surface area contributed by atoms with E-state index >= 15 is 0 Å². The number of nitrogens with one attached hydrogen (secondary N) is 1. The van der Waals surface area contributed by atoms with Crippen molar-refractivity contribution in [3.05, 3.63) is 125 Å². The van der Waals surface area contributed by atoms with Crippen LogP contribution in [0.5, 0.6) is 11.5 Å². The molecule has 0 bridgehead atoms. The van der Waals surface area contributed by atoms with Crippen LogP contribution in [0.15, 0.2) is 103 Å². The molecule has 0 aliphatic carbocycles. The minimum absolute atomic E-state index is 0.0688. The van der Waals surface area contributed by atoms with Gasteiger partial charge in [0.2, 0.25) is 0 Å². The van der Waals surface area contributed by atoms with Gasteiger partial charge in [0.05, 0.1) is 22.7 Å². The van der Waals surface area contributed by atoms with Crippen molar-refractivity contribution in [1.82, 2.24) is 4.90 Å². The molecule has 3 amide bonds. The third-order valence-electron chi connectivity index (χ3n) is 6.27. The molecular formula is C31H24N2O6. The Labute approximate surface area is 224 Å². The van der Waals surface area contributed by atoms with Crippen molar-refractivity contribution in [3.8, 4) is 11.5 Å². The van der Waals surface area contributed by atoms with Crippen LogP contribution < -0.4 is 10.1 Å². The van der Waals surface area contributed by atoms with E-state index in [1.807, 2.05) is 60.7 Å². The van der Waals surface area contributed by atoms with Gasteiger partial charge in [0.1, 0.15) is 11.5 Å². The second kappa shape index (κ2) is 11.0. The van der Waals surface area contributed by atoms with Crippen molar-refractivity contribution in [3.63, 3.8) is 0 Å². The van der Waals surface area contributed by atoms with Gasteiger partial charge in [-0.25, -0.2) is 4.79 Å². The fourth-order valence-electron chi connectivity index (χ4n) is 4.26. The number of carbonyl (C=O) groups is 4. The van der Waals surface area contributed by atoms with Gasteiger partial charge in [0.25, 0.3) is 17.7 Å². The molecule has 0 fully saturated rings. The lowest BCUT2D eigenvalue weighted by Gasteiger charge is -2.22. The standard InChI is InChI=1S/C31H24N2O6/c1-20(21-8-4-2-5-9-21)33-29(35)26-17-12-22(18-27(26)30(33)36)31(37)38-19-28(34)32-23-13-15-25(16-14-23)39-24-10-6-3-7-11-24/h2-18,20H,19H2,1H3,(H,32,34)/t20-/m0/s1. The van der Waals surface area contributed by atoms with Crippen LogP contribution >= 0.6 is 0 Å². The summed E-state index contributed by atoms with van der Waals surface area (Å²) in [6.07, 6.45) is 0. The SMILES string of the molecule is C[C@@H](c1ccccc1)N1C(=O)c2ccc(C(=O)OCC(=O)Nc3ccc(Oc4ccccc4)cc3)cc2C1=O. The number of fused-ring (bicyclic) bond motifs is 1. The molecule has 194 valence electrons.